The van der Waals surface area contributed by atoms with Crippen LogP contribution < -0.4 is 5.26 Å². The van der Waals surface area contributed by atoms with Gasteiger partial charge in [-0.05, 0) is 27.7 Å². The second-order valence-electron chi connectivity index (χ2n) is 3.18. The van der Waals surface area contributed by atoms with Crippen molar-refractivity contribution in [3.05, 3.63) is 0 Å². The van der Waals surface area contributed by atoms with E-state index in [-0.39, 0.29) is 0 Å². The predicted octanol–water partition coefficient (Wildman–Crippen LogP) is 0.708. The van der Waals surface area contributed by atoms with Gasteiger partial charge in [0.2, 0.25) is 0 Å². The summed E-state index contributed by atoms with van der Waals surface area (Å²) in [7, 11) is 0. The highest BCUT2D eigenvalue weighted by molar-refractivity contribution is 5.64. The van der Waals surface area contributed by atoms with Gasteiger partial charge in [0.25, 0.3) is 5.97 Å². The molecule has 4 heteroatoms. The van der Waals surface area contributed by atoms with Gasteiger partial charge in [-0.3, -0.25) is 4.79 Å². The quantitative estimate of drug-likeness (QED) is 0.386. The smallest absolute Gasteiger partial charge is 0.296 e. The van der Waals surface area contributed by atoms with Gasteiger partial charge >= 0.3 is 0 Å². The first-order valence-electron chi connectivity index (χ1n) is 5.17. The zero-order chi connectivity index (χ0) is 11.6. The van der Waals surface area contributed by atoms with Gasteiger partial charge in [-0.25, -0.2) is 0 Å². The minimum atomic E-state index is -0.801. The second kappa shape index (κ2) is 8.97. The van der Waals surface area contributed by atoms with E-state index in [0.717, 1.165) is 6.92 Å². The zero-order valence-corrected chi connectivity index (χ0v) is 10.0. The maximum Gasteiger partial charge on any atom is 0.296 e. The molecule has 0 unspecified atom stereocenters. The molecule has 0 N–H and O–H groups in total. The van der Waals surface area contributed by atoms with Crippen molar-refractivity contribution >= 4 is 5.97 Å². The Morgan fingerprint density at radius 1 is 1.07 bits per heavy atom. The summed E-state index contributed by atoms with van der Waals surface area (Å²) in [6.45, 7) is 15.3. The minimum absolute atomic E-state index is 0.801. The van der Waals surface area contributed by atoms with E-state index in [1.807, 2.05) is 0 Å². The molecule has 4 nitrogen and oxygen atoms in total. The molecule has 0 aromatic heterocycles. The molecule has 14 heavy (non-hydrogen) atoms. The van der Waals surface area contributed by atoms with Crippen molar-refractivity contribution in [2.75, 3.05) is 26.2 Å². The van der Waals surface area contributed by atoms with Crippen LogP contribution in [0.5, 0.6) is 0 Å². The highest BCUT2D eigenvalue weighted by Crippen LogP contribution is 2.03. The Hall–Kier alpha value is -0.610. The standard InChI is InChI=1S/C8H20N.C2H4O3/c1-5-9(6-2,7-3)8-4;1-2(3)5-4/h5-8H2,1-4H3;4H,1H3/q+1;/p-1. The normalized spacial score (nSPS) is 10.1. The Morgan fingerprint density at radius 3 is 1.29 bits per heavy atom. The van der Waals surface area contributed by atoms with Gasteiger partial charge in [-0.15, -0.1) is 0 Å². The molecule has 0 amide bonds. The molecule has 0 spiro atoms. The number of carbonyl (C=O) groups is 1. The molecule has 0 saturated carbocycles. The van der Waals surface area contributed by atoms with Gasteiger partial charge in [0.15, 0.2) is 0 Å². The fourth-order valence-corrected chi connectivity index (χ4v) is 1.34. The highest BCUT2D eigenvalue weighted by Gasteiger charge is 2.16. The maximum atomic E-state index is 9.28. The van der Waals surface area contributed by atoms with Crippen LogP contribution >= 0.6 is 0 Å². The summed E-state index contributed by atoms with van der Waals surface area (Å²) >= 11 is 0. The minimum Gasteiger partial charge on any atom is -0.662 e. The molecule has 86 valence electrons. The highest BCUT2D eigenvalue weighted by atomic mass is 17.1. The first-order valence-corrected chi connectivity index (χ1v) is 5.17. The SMILES string of the molecule is CC(=O)O[O-].CC[N+](CC)(CC)CC. The maximum absolute atomic E-state index is 9.28. The van der Waals surface area contributed by atoms with Gasteiger partial charge < -0.3 is 14.6 Å². The number of nitrogens with zero attached hydrogens (tertiary/aromatic N) is 1. The Labute approximate surface area is 87.0 Å². The lowest BCUT2D eigenvalue weighted by Crippen LogP contribution is -2.47. The number of carbonyl (C=O) groups excluding carboxylic acids is 1. The van der Waals surface area contributed by atoms with E-state index in [4.69, 9.17) is 5.26 Å². The zero-order valence-electron chi connectivity index (χ0n) is 10.0. The Balaban J connectivity index is 0. The van der Waals surface area contributed by atoms with Gasteiger partial charge in [0.1, 0.15) is 0 Å². The van der Waals surface area contributed by atoms with Crippen molar-refractivity contribution in [2.45, 2.75) is 34.6 Å². The molecular formula is C10H23NO3. The Kier molecular flexibility index (Phi) is 10.1. The fraction of sp³-hybridized carbons (Fsp3) is 0.900. The van der Waals surface area contributed by atoms with Crippen molar-refractivity contribution in [3.63, 3.8) is 0 Å². The summed E-state index contributed by atoms with van der Waals surface area (Å²) in [6, 6.07) is 0. The lowest BCUT2D eigenvalue weighted by Gasteiger charge is -2.34. The summed E-state index contributed by atoms with van der Waals surface area (Å²) < 4.78 is 1.28. The van der Waals surface area contributed by atoms with Crippen molar-refractivity contribution in [3.8, 4) is 0 Å². The van der Waals surface area contributed by atoms with E-state index in [1.54, 1.807) is 0 Å². The molecule has 0 aliphatic rings. The summed E-state index contributed by atoms with van der Waals surface area (Å²) in [6.07, 6.45) is 0. The summed E-state index contributed by atoms with van der Waals surface area (Å²) in [5.74, 6) is -0.801. The second-order valence-corrected chi connectivity index (χ2v) is 3.18. The fourth-order valence-electron chi connectivity index (χ4n) is 1.34. The van der Waals surface area contributed by atoms with Crippen molar-refractivity contribution in [2.24, 2.45) is 0 Å². The molecule has 0 rings (SSSR count). The summed E-state index contributed by atoms with van der Waals surface area (Å²) in [5, 5.41) is 8.78. The van der Waals surface area contributed by atoms with Crippen LogP contribution in [-0.4, -0.2) is 36.6 Å². The number of rotatable bonds is 4. The van der Waals surface area contributed by atoms with E-state index in [1.165, 1.54) is 30.7 Å². The molecule has 0 heterocycles. The third-order valence-electron chi connectivity index (χ3n) is 2.80. The summed E-state index contributed by atoms with van der Waals surface area (Å²) in [4.78, 5) is 12.1. The lowest BCUT2D eigenvalue weighted by atomic mass is 10.3. The van der Waals surface area contributed by atoms with Gasteiger partial charge in [-0.2, -0.15) is 0 Å². The van der Waals surface area contributed by atoms with Crippen LogP contribution in [-0.2, 0) is 9.68 Å². The average Bonchev–Trinajstić information content (AvgIpc) is 2.23. The molecule has 0 atom stereocenters. The monoisotopic (exact) mass is 205 g/mol. The van der Waals surface area contributed by atoms with E-state index >= 15 is 0 Å². The number of hydrogen-bond acceptors (Lipinski definition) is 3. The van der Waals surface area contributed by atoms with Crippen LogP contribution in [0.15, 0.2) is 0 Å². The number of hydrogen-bond donors (Lipinski definition) is 0. The molecular weight excluding hydrogens is 182 g/mol. The lowest BCUT2D eigenvalue weighted by molar-refractivity contribution is -0.921. The van der Waals surface area contributed by atoms with E-state index in [0.29, 0.717) is 0 Å². The largest absolute Gasteiger partial charge is 0.662 e. The number of quaternary nitrogens is 1. The van der Waals surface area contributed by atoms with Crippen LogP contribution in [0, 0.1) is 0 Å². The Bertz CT molecular complexity index is 127. The van der Waals surface area contributed by atoms with Gasteiger partial charge in [0.05, 0.1) is 26.2 Å². The topological polar surface area (TPSA) is 49.4 Å². The molecule has 0 fully saturated rings. The van der Waals surface area contributed by atoms with Crippen LogP contribution in [0.2, 0.25) is 0 Å². The van der Waals surface area contributed by atoms with E-state index in [9.17, 15) is 4.79 Å². The summed E-state index contributed by atoms with van der Waals surface area (Å²) in [5.41, 5.74) is 0. The first kappa shape index (κ1) is 15.8. The van der Waals surface area contributed by atoms with E-state index in [2.05, 4.69) is 32.6 Å². The van der Waals surface area contributed by atoms with Crippen molar-refractivity contribution < 1.29 is 19.4 Å². The first-order chi connectivity index (χ1) is 6.51. The molecule has 0 aromatic carbocycles. The van der Waals surface area contributed by atoms with Gasteiger partial charge in [-0.1, -0.05) is 0 Å². The van der Waals surface area contributed by atoms with Crippen LogP contribution in [0.1, 0.15) is 34.6 Å². The molecule has 0 bridgehead atoms. The predicted molar refractivity (Wildman–Crippen MR) is 54.2 cm³/mol. The molecule has 0 saturated heterocycles. The van der Waals surface area contributed by atoms with Crippen molar-refractivity contribution in [1.29, 1.82) is 0 Å². The third-order valence-corrected chi connectivity index (χ3v) is 2.80. The third kappa shape index (κ3) is 6.86. The molecule has 0 aromatic rings. The molecule has 0 aliphatic heterocycles. The van der Waals surface area contributed by atoms with E-state index < -0.39 is 5.97 Å². The van der Waals surface area contributed by atoms with Crippen molar-refractivity contribution in [1.82, 2.24) is 0 Å². The van der Waals surface area contributed by atoms with Crippen LogP contribution in [0.4, 0.5) is 0 Å². The molecule has 0 radical (unpaired) electrons. The van der Waals surface area contributed by atoms with Crippen LogP contribution in [0.25, 0.3) is 0 Å². The van der Waals surface area contributed by atoms with Gasteiger partial charge in [0, 0.05) is 6.92 Å². The Morgan fingerprint density at radius 2 is 1.29 bits per heavy atom. The van der Waals surface area contributed by atoms with Crippen LogP contribution in [0.3, 0.4) is 0 Å². The average molecular weight is 205 g/mol. The molecule has 0 aliphatic carbocycles.